The van der Waals surface area contributed by atoms with Crippen LogP contribution in [0, 0.1) is 14.8 Å². The molecule has 0 atom stereocenters. The van der Waals surface area contributed by atoms with E-state index < -0.39 is 10.8 Å². The summed E-state index contributed by atoms with van der Waals surface area (Å²) in [4.78, 5) is 15.3. The van der Waals surface area contributed by atoms with Gasteiger partial charge >= 0.3 is 4.87 Å². The Labute approximate surface area is 459 Å². The number of hydrogen-bond acceptors (Lipinski definition) is 10. The van der Waals surface area contributed by atoms with Crippen LogP contribution in [0.5, 0.6) is 11.5 Å². The molecule has 4 aromatic heterocycles. The lowest BCUT2D eigenvalue weighted by Gasteiger charge is -2.35. The maximum Gasteiger partial charge on any atom is 0.307 e. The highest BCUT2D eigenvalue weighted by Crippen LogP contribution is 2.47. The van der Waals surface area contributed by atoms with Crippen molar-refractivity contribution < 1.29 is 10.2 Å². The highest BCUT2D eigenvalue weighted by atomic mass is 32.1. The maximum atomic E-state index is 12.2. The number of phenols is 2. The zero-order valence-corrected chi connectivity index (χ0v) is 49.4. The van der Waals surface area contributed by atoms with Crippen molar-refractivity contribution in [3.63, 3.8) is 0 Å². The summed E-state index contributed by atoms with van der Waals surface area (Å²) in [5.74, 6) is 0.373. The van der Waals surface area contributed by atoms with Crippen LogP contribution in [0.15, 0.2) is 114 Å². The molecular weight excluding hydrogens is 1000 g/mol. The van der Waals surface area contributed by atoms with Crippen LogP contribution in [-0.2, 0) is 35.8 Å². The lowest BCUT2D eigenvalue weighted by Crippen LogP contribution is -2.27. The van der Waals surface area contributed by atoms with Gasteiger partial charge in [-0.1, -0.05) is 181 Å². The average Bonchev–Trinajstić information content (AvgIpc) is 4.11. The summed E-state index contributed by atoms with van der Waals surface area (Å²) in [6.07, 6.45) is 1.95. The molecule has 0 saturated carbocycles. The Morgan fingerprint density at radius 1 is 0.474 bits per heavy atom. The Morgan fingerprint density at radius 2 is 0.829 bits per heavy atom. The molecule has 11 nitrogen and oxygen atoms in total. The number of aryl methyl sites for hydroxylation is 2. The molecule has 10 aromatic rings. The van der Waals surface area contributed by atoms with Gasteiger partial charge in [-0.2, -0.15) is 0 Å². The van der Waals surface area contributed by atoms with Crippen molar-refractivity contribution in [2.45, 2.75) is 131 Å². The minimum atomic E-state index is -0.457. The molecule has 0 unspecified atom stereocenters. The predicted molar refractivity (Wildman–Crippen MR) is 318 cm³/mol. The van der Waals surface area contributed by atoms with Crippen molar-refractivity contribution in [2.24, 2.45) is 24.9 Å². The zero-order valence-electron chi connectivity index (χ0n) is 46.9. The average molecular weight is 1070 g/mol. The fourth-order valence-corrected chi connectivity index (χ4v) is 13.6. The first-order valence-electron chi connectivity index (χ1n) is 26.0. The molecule has 0 spiro atoms. The maximum absolute atomic E-state index is 12.2. The fourth-order valence-electron chi connectivity index (χ4n) is 11.4. The van der Waals surface area contributed by atoms with Gasteiger partial charge in [0, 0.05) is 36.1 Å². The number of fused-ring (bicyclic) bond motifs is 4. The Morgan fingerprint density at radius 3 is 1.21 bits per heavy atom. The molecule has 6 aromatic carbocycles. The molecule has 0 fully saturated rings. The first-order chi connectivity index (χ1) is 35.3. The third-order valence-electron chi connectivity index (χ3n) is 15.0. The molecule has 0 aliphatic carbocycles. The molecule has 2 N–H and O–H groups in total. The monoisotopic (exact) mass is 1070 g/mol. The van der Waals surface area contributed by atoms with Gasteiger partial charge in [0.15, 0.2) is 3.95 Å². The number of aromatic hydroxyl groups is 2. The summed E-state index contributed by atoms with van der Waals surface area (Å²) < 4.78 is 6.40. The molecule has 0 amide bonds. The number of rotatable bonds is 10. The van der Waals surface area contributed by atoms with Crippen molar-refractivity contribution in [1.29, 1.82) is 0 Å². The van der Waals surface area contributed by atoms with E-state index in [0.29, 0.717) is 22.4 Å². The number of benzene rings is 6. The zero-order chi connectivity index (χ0) is 55.2. The molecular formula is C62H72N8O3S3. The van der Waals surface area contributed by atoms with Crippen molar-refractivity contribution in [1.82, 2.24) is 39.1 Å². The van der Waals surface area contributed by atoms with Crippen LogP contribution in [0.4, 0.5) is 0 Å². The van der Waals surface area contributed by atoms with Crippen molar-refractivity contribution >= 4 is 77.4 Å². The minimum Gasteiger partial charge on any atom is -0.505 e. The van der Waals surface area contributed by atoms with Crippen LogP contribution in [0.2, 0.25) is 0 Å². The fraction of sp³-hybridized carbons (Fsp3) is 0.387. The van der Waals surface area contributed by atoms with Crippen LogP contribution in [0.1, 0.15) is 143 Å². The van der Waals surface area contributed by atoms with E-state index in [0.717, 1.165) is 81.6 Å². The Kier molecular flexibility index (Phi) is 13.7. The lowest BCUT2D eigenvalue weighted by atomic mass is 9.70. The van der Waals surface area contributed by atoms with Gasteiger partial charge in [0.05, 0.1) is 20.4 Å². The van der Waals surface area contributed by atoms with Gasteiger partial charge in [-0.15, -0.1) is 41.3 Å². The normalized spacial score (nSPS) is 13.1. The van der Waals surface area contributed by atoms with Crippen molar-refractivity contribution in [2.75, 3.05) is 0 Å². The first-order valence-corrected chi connectivity index (χ1v) is 28.0. The van der Waals surface area contributed by atoms with Crippen molar-refractivity contribution in [3.05, 3.63) is 156 Å². The van der Waals surface area contributed by atoms with Gasteiger partial charge in [0.1, 0.15) is 44.9 Å². The molecule has 0 aliphatic rings. The Hall–Kier alpha value is -6.48. The van der Waals surface area contributed by atoms with Crippen LogP contribution >= 0.6 is 34.9 Å². The number of thiazole rings is 2. The second kappa shape index (κ2) is 19.2. The van der Waals surface area contributed by atoms with E-state index >= 15 is 0 Å². The third-order valence-corrected chi connectivity index (χ3v) is 17.6. The highest BCUT2D eigenvalue weighted by Gasteiger charge is 2.36. The van der Waals surface area contributed by atoms with Gasteiger partial charge in [-0.25, -0.2) is 0 Å². The predicted octanol–water partition coefficient (Wildman–Crippen LogP) is 15.5. The van der Waals surface area contributed by atoms with Gasteiger partial charge in [0.2, 0.25) is 0 Å². The molecule has 0 radical (unpaired) electrons. The molecule has 76 heavy (non-hydrogen) atoms. The topological polar surface area (TPSA) is 129 Å². The van der Waals surface area contributed by atoms with E-state index in [-0.39, 0.29) is 38.0 Å². The first kappa shape index (κ1) is 54.3. The number of hydrogen-bond donors (Lipinski definition) is 2. The Bertz CT molecular complexity index is 3690. The van der Waals surface area contributed by atoms with E-state index in [2.05, 4.69) is 139 Å². The van der Waals surface area contributed by atoms with Crippen molar-refractivity contribution in [3.8, 4) is 22.9 Å². The lowest BCUT2D eigenvalue weighted by molar-refractivity contribution is 0.283. The summed E-state index contributed by atoms with van der Waals surface area (Å²) >= 11 is 8.23. The smallest absolute Gasteiger partial charge is 0.307 e. The molecule has 396 valence electrons. The number of phenolic OH excluding ortho intramolecular Hbond substituents is 2. The van der Waals surface area contributed by atoms with Crippen LogP contribution in [0.25, 0.3) is 53.9 Å². The molecule has 4 heterocycles. The standard InChI is InChI=1S/C31H36N4O2S.C31H36N4OS2/c2*1-29(2,3)18-30(4,5)20-14-21(31(6,7)19-12-10-9-11-13-19)27(36)25(15-20)35-32-22-16-24-26(17-23(22)33-35)38-28(37)34(24)8/h2*9-17,36H,18H2,1-8H3. The van der Waals surface area contributed by atoms with Gasteiger partial charge in [-0.3, -0.25) is 4.79 Å². The van der Waals surface area contributed by atoms with Crippen LogP contribution in [-0.4, -0.2) is 49.3 Å². The van der Waals surface area contributed by atoms with E-state index in [4.69, 9.17) is 32.6 Å². The van der Waals surface area contributed by atoms with Crippen LogP contribution in [0.3, 0.4) is 0 Å². The summed E-state index contributed by atoms with van der Waals surface area (Å²) in [6, 6.07) is 36.9. The summed E-state index contributed by atoms with van der Waals surface area (Å²) in [6.45, 7) is 31.3. The molecule has 0 aliphatic heterocycles. The molecule has 10 rings (SSSR count). The summed E-state index contributed by atoms with van der Waals surface area (Å²) in [7, 11) is 3.74. The minimum absolute atomic E-state index is 0.0141. The Balaban J connectivity index is 0.000000186. The summed E-state index contributed by atoms with van der Waals surface area (Å²) in [5, 5.41) is 42.8. The second-order valence-electron chi connectivity index (χ2n) is 25.5. The van der Waals surface area contributed by atoms with Crippen LogP contribution < -0.4 is 4.87 Å². The number of nitrogens with zero attached hydrogens (tertiary/aromatic N) is 8. The SMILES string of the molecule is Cn1c(=O)sc2cc3nn(-c4cc(C(C)(C)CC(C)(C)C)cc(C(C)(C)c5ccccc5)c4O)nc3cc21.Cn1c(=S)sc2cc3nn(-c4cc(C(C)(C)CC(C)(C)C)cc(C(C)(C)c5ccccc5)c4O)nc3cc21. The third kappa shape index (κ3) is 10.4. The van der Waals surface area contributed by atoms with E-state index in [9.17, 15) is 15.0 Å². The van der Waals surface area contributed by atoms with E-state index in [1.165, 1.54) is 11.3 Å². The van der Waals surface area contributed by atoms with Gasteiger partial charge in [-0.05, 0) is 105 Å². The molecule has 0 bridgehead atoms. The van der Waals surface area contributed by atoms with E-state index in [1.54, 1.807) is 32.5 Å². The van der Waals surface area contributed by atoms with Gasteiger partial charge in [0.25, 0.3) is 0 Å². The molecule has 14 heteroatoms. The van der Waals surface area contributed by atoms with Gasteiger partial charge < -0.3 is 19.3 Å². The number of aromatic nitrogens is 8. The molecule has 0 saturated heterocycles. The quantitative estimate of drug-likeness (QED) is 0.130. The van der Waals surface area contributed by atoms with E-state index in [1.807, 2.05) is 78.3 Å². The summed E-state index contributed by atoms with van der Waals surface area (Å²) in [5.41, 5.74) is 11.2. The largest absolute Gasteiger partial charge is 0.505 e. The highest BCUT2D eigenvalue weighted by molar-refractivity contribution is 7.73. The second-order valence-corrected chi connectivity index (χ2v) is 28.1.